The van der Waals surface area contributed by atoms with Gasteiger partial charge in [0.15, 0.2) is 5.96 Å². The van der Waals surface area contributed by atoms with E-state index in [0.717, 1.165) is 19.0 Å². The fraction of sp³-hybridized carbons (Fsp3) is 0.938. The molecule has 1 rings (SSSR count). The van der Waals surface area contributed by atoms with Crippen LogP contribution >= 0.6 is 24.0 Å². The van der Waals surface area contributed by atoms with Crippen LogP contribution in [0.5, 0.6) is 0 Å². The number of hydrogen-bond donors (Lipinski definition) is 2. The summed E-state index contributed by atoms with van der Waals surface area (Å²) in [6.07, 6.45) is 2.64. The van der Waals surface area contributed by atoms with Gasteiger partial charge in [0.25, 0.3) is 0 Å². The lowest BCUT2D eigenvalue weighted by molar-refractivity contribution is 0.110. The van der Waals surface area contributed by atoms with Gasteiger partial charge in [0.2, 0.25) is 0 Å². The molecule has 0 spiro atoms. The molecule has 5 heteroatoms. The summed E-state index contributed by atoms with van der Waals surface area (Å²) in [6, 6.07) is 0.551. The second kappa shape index (κ2) is 10.6. The highest BCUT2D eigenvalue weighted by molar-refractivity contribution is 14.0. The minimum absolute atomic E-state index is 0. The van der Waals surface area contributed by atoms with E-state index in [0.29, 0.717) is 23.8 Å². The van der Waals surface area contributed by atoms with Crippen molar-refractivity contribution in [3.05, 3.63) is 0 Å². The molecule has 126 valence electrons. The van der Waals surface area contributed by atoms with Crippen LogP contribution in [-0.2, 0) is 0 Å². The SMILES string of the molecule is CC(C)CN=C(N)NCC(C(C)C)N1CCC(C)CC1.I. The van der Waals surface area contributed by atoms with E-state index in [1.807, 2.05) is 0 Å². The van der Waals surface area contributed by atoms with Crippen molar-refractivity contribution in [2.45, 2.75) is 53.5 Å². The molecular formula is C16H35IN4. The fourth-order valence-electron chi connectivity index (χ4n) is 2.69. The number of halogens is 1. The summed E-state index contributed by atoms with van der Waals surface area (Å²) >= 11 is 0. The van der Waals surface area contributed by atoms with Crippen molar-refractivity contribution in [2.24, 2.45) is 28.5 Å². The third-order valence-corrected chi connectivity index (χ3v) is 4.18. The number of nitrogens with one attached hydrogen (secondary N) is 1. The van der Waals surface area contributed by atoms with E-state index in [-0.39, 0.29) is 24.0 Å². The Bertz CT molecular complexity index is 297. The minimum Gasteiger partial charge on any atom is -0.370 e. The highest BCUT2D eigenvalue weighted by atomic mass is 127. The third-order valence-electron chi connectivity index (χ3n) is 4.18. The van der Waals surface area contributed by atoms with Gasteiger partial charge >= 0.3 is 0 Å². The van der Waals surface area contributed by atoms with Crippen molar-refractivity contribution in [3.8, 4) is 0 Å². The molecule has 1 saturated heterocycles. The summed E-state index contributed by atoms with van der Waals surface area (Å²) in [5.41, 5.74) is 5.94. The van der Waals surface area contributed by atoms with Crippen LogP contribution in [0.15, 0.2) is 4.99 Å². The summed E-state index contributed by atoms with van der Waals surface area (Å²) in [6.45, 7) is 15.4. The van der Waals surface area contributed by atoms with E-state index in [4.69, 9.17) is 5.73 Å². The van der Waals surface area contributed by atoms with Crippen LogP contribution < -0.4 is 11.1 Å². The van der Waals surface area contributed by atoms with Crippen molar-refractivity contribution in [1.29, 1.82) is 0 Å². The van der Waals surface area contributed by atoms with Crippen LogP contribution in [0.2, 0.25) is 0 Å². The number of piperidine rings is 1. The third kappa shape index (κ3) is 8.24. The van der Waals surface area contributed by atoms with Gasteiger partial charge < -0.3 is 11.1 Å². The number of aliphatic imine (C=N–C) groups is 1. The van der Waals surface area contributed by atoms with Gasteiger partial charge in [-0.1, -0.05) is 34.6 Å². The zero-order chi connectivity index (χ0) is 15.1. The Kier molecular flexibility index (Phi) is 10.6. The Balaban J connectivity index is 0.00000400. The van der Waals surface area contributed by atoms with E-state index in [9.17, 15) is 0 Å². The highest BCUT2D eigenvalue weighted by Gasteiger charge is 2.25. The maximum atomic E-state index is 5.94. The highest BCUT2D eigenvalue weighted by Crippen LogP contribution is 2.20. The topological polar surface area (TPSA) is 53.6 Å². The first-order valence-corrected chi connectivity index (χ1v) is 8.18. The Morgan fingerprint density at radius 1 is 1.24 bits per heavy atom. The predicted molar refractivity (Wildman–Crippen MR) is 103 cm³/mol. The average Bonchev–Trinajstić information content (AvgIpc) is 2.38. The van der Waals surface area contributed by atoms with Gasteiger partial charge in [-0.05, 0) is 43.7 Å². The molecule has 0 aromatic rings. The van der Waals surface area contributed by atoms with Crippen LogP contribution in [0.3, 0.4) is 0 Å². The molecule has 0 aromatic heterocycles. The van der Waals surface area contributed by atoms with Gasteiger partial charge in [0.1, 0.15) is 0 Å². The molecule has 0 saturated carbocycles. The van der Waals surface area contributed by atoms with Crippen LogP contribution in [0.4, 0.5) is 0 Å². The molecule has 0 aromatic carbocycles. The molecule has 0 amide bonds. The predicted octanol–water partition coefficient (Wildman–Crippen LogP) is 2.92. The maximum Gasteiger partial charge on any atom is 0.188 e. The average molecular weight is 410 g/mol. The first kappa shape index (κ1) is 21.0. The van der Waals surface area contributed by atoms with Gasteiger partial charge in [0.05, 0.1) is 0 Å². The van der Waals surface area contributed by atoms with Gasteiger partial charge in [-0.2, -0.15) is 0 Å². The fourth-order valence-corrected chi connectivity index (χ4v) is 2.69. The summed E-state index contributed by atoms with van der Waals surface area (Å²) < 4.78 is 0. The molecule has 1 atom stereocenters. The normalized spacial score (nSPS) is 19.7. The van der Waals surface area contributed by atoms with E-state index in [2.05, 4.69) is 49.8 Å². The molecule has 1 fully saturated rings. The van der Waals surface area contributed by atoms with E-state index in [1.54, 1.807) is 0 Å². The molecule has 4 nitrogen and oxygen atoms in total. The molecule has 21 heavy (non-hydrogen) atoms. The first-order valence-electron chi connectivity index (χ1n) is 8.18. The lowest BCUT2D eigenvalue weighted by atomic mass is 9.94. The molecule has 1 heterocycles. The smallest absolute Gasteiger partial charge is 0.188 e. The summed E-state index contributed by atoms with van der Waals surface area (Å²) in [4.78, 5) is 7.00. The molecular weight excluding hydrogens is 375 g/mol. The number of likely N-dealkylation sites (tertiary alicyclic amines) is 1. The zero-order valence-electron chi connectivity index (χ0n) is 14.4. The second-order valence-electron chi connectivity index (χ2n) is 7.03. The Hall–Kier alpha value is -0.0400. The largest absolute Gasteiger partial charge is 0.370 e. The summed E-state index contributed by atoms with van der Waals surface area (Å²) in [5, 5.41) is 3.31. The maximum absolute atomic E-state index is 5.94. The molecule has 0 bridgehead atoms. The molecule has 3 N–H and O–H groups in total. The van der Waals surface area contributed by atoms with Crippen LogP contribution in [0.25, 0.3) is 0 Å². The minimum atomic E-state index is 0. The number of hydrogen-bond acceptors (Lipinski definition) is 2. The van der Waals surface area contributed by atoms with Crippen molar-refractivity contribution in [3.63, 3.8) is 0 Å². The molecule has 0 radical (unpaired) electrons. The van der Waals surface area contributed by atoms with Gasteiger partial charge in [-0.15, -0.1) is 24.0 Å². The van der Waals surface area contributed by atoms with Crippen LogP contribution in [0, 0.1) is 17.8 Å². The second-order valence-corrected chi connectivity index (χ2v) is 7.03. The van der Waals surface area contributed by atoms with Crippen LogP contribution in [-0.4, -0.2) is 43.1 Å². The summed E-state index contributed by atoms with van der Waals surface area (Å²) in [5.74, 6) is 2.66. The molecule has 1 unspecified atom stereocenters. The summed E-state index contributed by atoms with van der Waals surface area (Å²) in [7, 11) is 0. The van der Waals surface area contributed by atoms with Crippen molar-refractivity contribution >= 4 is 29.9 Å². The van der Waals surface area contributed by atoms with E-state index in [1.165, 1.54) is 25.9 Å². The van der Waals surface area contributed by atoms with E-state index >= 15 is 0 Å². The monoisotopic (exact) mass is 410 g/mol. The van der Waals surface area contributed by atoms with E-state index < -0.39 is 0 Å². The molecule has 1 aliphatic rings. The Labute approximate surface area is 148 Å². The van der Waals surface area contributed by atoms with Gasteiger partial charge in [-0.3, -0.25) is 9.89 Å². The number of nitrogens with zero attached hydrogens (tertiary/aromatic N) is 2. The molecule has 0 aliphatic carbocycles. The number of nitrogens with two attached hydrogens (primary N) is 1. The lowest BCUT2D eigenvalue weighted by Gasteiger charge is -2.39. The van der Waals surface area contributed by atoms with Gasteiger partial charge in [-0.25, -0.2) is 0 Å². The van der Waals surface area contributed by atoms with Gasteiger partial charge in [0, 0.05) is 19.1 Å². The van der Waals surface area contributed by atoms with Crippen molar-refractivity contribution < 1.29 is 0 Å². The number of rotatable bonds is 6. The van der Waals surface area contributed by atoms with Crippen molar-refractivity contribution in [2.75, 3.05) is 26.2 Å². The Morgan fingerprint density at radius 3 is 2.29 bits per heavy atom. The molecule has 1 aliphatic heterocycles. The zero-order valence-corrected chi connectivity index (χ0v) is 16.8. The first-order chi connectivity index (χ1) is 9.40. The standard InChI is InChI=1S/C16H34N4.HI/c1-12(2)10-18-16(17)19-11-15(13(3)4)20-8-6-14(5)7-9-20;/h12-15H,6-11H2,1-5H3,(H3,17,18,19);1H. The lowest BCUT2D eigenvalue weighted by Crippen LogP contribution is -2.50. The van der Waals surface area contributed by atoms with Crippen LogP contribution in [0.1, 0.15) is 47.5 Å². The number of guanidine groups is 1. The Morgan fingerprint density at radius 2 is 1.81 bits per heavy atom. The quantitative estimate of drug-likeness (QED) is 0.402. The van der Waals surface area contributed by atoms with Crippen molar-refractivity contribution in [1.82, 2.24) is 10.2 Å².